The lowest BCUT2D eigenvalue weighted by Gasteiger charge is -2.43. The van der Waals surface area contributed by atoms with Gasteiger partial charge in [0.25, 0.3) is 0 Å². The standard InChI is InChI=1S/C16H22N2O2/c1-10(2)14-15(19)17-11(3)16(20)18(14)12(4)13-8-6-5-7-9-13/h5-12,14H,1-4H3,(H,17,19). The van der Waals surface area contributed by atoms with Gasteiger partial charge in [0.05, 0.1) is 6.04 Å². The molecule has 1 aromatic carbocycles. The van der Waals surface area contributed by atoms with Crippen LogP contribution in [0.4, 0.5) is 0 Å². The van der Waals surface area contributed by atoms with Crippen molar-refractivity contribution in [1.29, 1.82) is 0 Å². The molecule has 0 saturated carbocycles. The van der Waals surface area contributed by atoms with Crippen molar-refractivity contribution < 1.29 is 9.59 Å². The van der Waals surface area contributed by atoms with Gasteiger partial charge < -0.3 is 10.2 Å². The zero-order chi connectivity index (χ0) is 14.9. The van der Waals surface area contributed by atoms with Crippen LogP contribution in [0.5, 0.6) is 0 Å². The molecular formula is C16H22N2O2. The summed E-state index contributed by atoms with van der Waals surface area (Å²) in [6, 6.07) is 8.87. The van der Waals surface area contributed by atoms with Gasteiger partial charge in [0, 0.05) is 0 Å². The van der Waals surface area contributed by atoms with Crippen molar-refractivity contribution in [2.45, 2.75) is 45.8 Å². The Kier molecular flexibility index (Phi) is 4.12. The van der Waals surface area contributed by atoms with Crippen LogP contribution in [0, 0.1) is 5.92 Å². The third-order valence-electron chi connectivity index (χ3n) is 3.88. The van der Waals surface area contributed by atoms with E-state index in [0.717, 1.165) is 5.56 Å². The van der Waals surface area contributed by atoms with E-state index < -0.39 is 12.1 Å². The minimum atomic E-state index is -0.455. The van der Waals surface area contributed by atoms with Crippen LogP contribution in [0.3, 0.4) is 0 Å². The van der Waals surface area contributed by atoms with Gasteiger partial charge in [-0.2, -0.15) is 0 Å². The molecule has 0 spiro atoms. The number of hydrogen-bond acceptors (Lipinski definition) is 2. The summed E-state index contributed by atoms with van der Waals surface area (Å²) in [6.45, 7) is 7.66. The van der Waals surface area contributed by atoms with E-state index in [1.165, 1.54) is 0 Å². The molecule has 1 heterocycles. The quantitative estimate of drug-likeness (QED) is 0.918. The Balaban J connectivity index is 2.37. The average molecular weight is 274 g/mol. The molecule has 3 atom stereocenters. The van der Waals surface area contributed by atoms with Crippen LogP contribution in [-0.4, -0.2) is 28.8 Å². The molecule has 108 valence electrons. The second kappa shape index (κ2) is 5.65. The van der Waals surface area contributed by atoms with Gasteiger partial charge in [-0.05, 0) is 25.3 Å². The van der Waals surface area contributed by atoms with E-state index in [0.29, 0.717) is 0 Å². The molecule has 3 unspecified atom stereocenters. The summed E-state index contributed by atoms with van der Waals surface area (Å²) < 4.78 is 0. The molecule has 1 saturated heterocycles. The van der Waals surface area contributed by atoms with Crippen LogP contribution in [0.2, 0.25) is 0 Å². The Labute approximate surface area is 120 Å². The number of benzene rings is 1. The fraction of sp³-hybridized carbons (Fsp3) is 0.500. The number of hydrogen-bond donors (Lipinski definition) is 1. The Morgan fingerprint density at radius 3 is 2.25 bits per heavy atom. The van der Waals surface area contributed by atoms with Crippen LogP contribution in [0.15, 0.2) is 30.3 Å². The maximum atomic E-state index is 12.5. The summed E-state index contributed by atoms with van der Waals surface area (Å²) in [4.78, 5) is 26.5. The summed E-state index contributed by atoms with van der Waals surface area (Å²) >= 11 is 0. The summed E-state index contributed by atoms with van der Waals surface area (Å²) in [6.07, 6.45) is 0. The third-order valence-corrected chi connectivity index (χ3v) is 3.88. The van der Waals surface area contributed by atoms with Crippen LogP contribution >= 0.6 is 0 Å². The molecule has 1 aliphatic heterocycles. The van der Waals surface area contributed by atoms with Gasteiger partial charge in [0.2, 0.25) is 11.8 Å². The number of nitrogens with zero attached hydrogens (tertiary/aromatic N) is 1. The maximum absolute atomic E-state index is 12.5. The predicted octanol–water partition coefficient (Wildman–Crippen LogP) is 2.12. The van der Waals surface area contributed by atoms with Gasteiger partial charge in [-0.3, -0.25) is 9.59 Å². The zero-order valence-electron chi connectivity index (χ0n) is 12.5. The van der Waals surface area contributed by atoms with Gasteiger partial charge >= 0.3 is 0 Å². The van der Waals surface area contributed by atoms with Gasteiger partial charge in [-0.1, -0.05) is 44.2 Å². The summed E-state index contributed by atoms with van der Waals surface area (Å²) in [5, 5.41) is 2.77. The lowest BCUT2D eigenvalue weighted by atomic mass is 9.93. The lowest BCUT2D eigenvalue weighted by molar-refractivity contribution is -0.153. The van der Waals surface area contributed by atoms with E-state index in [1.807, 2.05) is 51.1 Å². The number of amides is 2. The molecule has 1 aromatic rings. The minimum absolute atomic E-state index is 0.0142. The van der Waals surface area contributed by atoms with Crippen molar-refractivity contribution in [2.75, 3.05) is 0 Å². The highest BCUT2D eigenvalue weighted by molar-refractivity contribution is 5.97. The molecule has 0 aliphatic carbocycles. The maximum Gasteiger partial charge on any atom is 0.246 e. The Morgan fingerprint density at radius 1 is 1.10 bits per heavy atom. The molecule has 4 heteroatoms. The summed E-state index contributed by atoms with van der Waals surface area (Å²) in [5.41, 5.74) is 1.05. The van der Waals surface area contributed by atoms with Crippen molar-refractivity contribution in [3.63, 3.8) is 0 Å². The van der Waals surface area contributed by atoms with Crippen molar-refractivity contribution in [3.05, 3.63) is 35.9 Å². The first kappa shape index (κ1) is 14.6. The van der Waals surface area contributed by atoms with Crippen molar-refractivity contribution in [3.8, 4) is 0 Å². The topological polar surface area (TPSA) is 49.4 Å². The number of rotatable bonds is 3. The number of carbonyl (C=O) groups is 2. The molecular weight excluding hydrogens is 252 g/mol. The lowest BCUT2D eigenvalue weighted by Crippen LogP contribution is -2.64. The Hall–Kier alpha value is -1.84. The fourth-order valence-electron chi connectivity index (χ4n) is 2.80. The van der Waals surface area contributed by atoms with Crippen LogP contribution < -0.4 is 5.32 Å². The van der Waals surface area contributed by atoms with Gasteiger partial charge in [-0.15, -0.1) is 0 Å². The number of carbonyl (C=O) groups excluding carboxylic acids is 2. The normalized spacial score (nSPS) is 24.8. The van der Waals surface area contributed by atoms with Crippen molar-refractivity contribution >= 4 is 11.8 Å². The SMILES string of the molecule is CC1NC(=O)C(C(C)C)N(C(C)c2ccccc2)C1=O. The van der Waals surface area contributed by atoms with Gasteiger partial charge in [-0.25, -0.2) is 0 Å². The van der Waals surface area contributed by atoms with Gasteiger partial charge in [0.15, 0.2) is 0 Å². The van der Waals surface area contributed by atoms with E-state index >= 15 is 0 Å². The predicted molar refractivity (Wildman–Crippen MR) is 77.9 cm³/mol. The van der Waals surface area contributed by atoms with Gasteiger partial charge in [0.1, 0.15) is 12.1 Å². The second-order valence-electron chi connectivity index (χ2n) is 5.75. The summed E-state index contributed by atoms with van der Waals surface area (Å²) in [5.74, 6) is 0.00662. The first-order chi connectivity index (χ1) is 9.43. The van der Waals surface area contributed by atoms with E-state index in [9.17, 15) is 9.59 Å². The zero-order valence-corrected chi connectivity index (χ0v) is 12.5. The smallest absolute Gasteiger partial charge is 0.246 e. The third kappa shape index (κ3) is 2.55. The van der Waals surface area contributed by atoms with Crippen molar-refractivity contribution in [1.82, 2.24) is 10.2 Å². The monoisotopic (exact) mass is 274 g/mol. The molecule has 0 aromatic heterocycles. The molecule has 0 radical (unpaired) electrons. The average Bonchev–Trinajstić information content (AvgIpc) is 2.42. The number of piperazine rings is 1. The first-order valence-electron chi connectivity index (χ1n) is 7.11. The van der Waals surface area contributed by atoms with Crippen molar-refractivity contribution in [2.24, 2.45) is 5.92 Å². The first-order valence-corrected chi connectivity index (χ1v) is 7.11. The highest BCUT2D eigenvalue weighted by Gasteiger charge is 2.42. The Morgan fingerprint density at radius 2 is 1.70 bits per heavy atom. The molecule has 2 rings (SSSR count). The highest BCUT2D eigenvalue weighted by Crippen LogP contribution is 2.28. The van der Waals surface area contributed by atoms with Crippen LogP contribution in [0.1, 0.15) is 39.3 Å². The minimum Gasteiger partial charge on any atom is -0.343 e. The highest BCUT2D eigenvalue weighted by atomic mass is 16.2. The van der Waals surface area contributed by atoms with Crippen LogP contribution in [0.25, 0.3) is 0 Å². The van der Waals surface area contributed by atoms with Crippen LogP contribution in [-0.2, 0) is 9.59 Å². The Bertz CT molecular complexity index is 498. The molecule has 1 aliphatic rings. The molecule has 1 N–H and O–H groups in total. The van der Waals surface area contributed by atoms with E-state index in [2.05, 4.69) is 5.32 Å². The fourth-order valence-corrected chi connectivity index (χ4v) is 2.80. The second-order valence-corrected chi connectivity index (χ2v) is 5.75. The van der Waals surface area contributed by atoms with E-state index in [-0.39, 0.29) is 23.8 Å². The molecule has 1 fully saturated rings. The number of nitrogens with one attached hydrogen (secondary N) is 1. The summed E-state index contributed by atoms with van der Waals surface area (Å²) in [7, 11) is 0. The molecule has 20 heavy (non-hydrogen) atoms. The largest absolute Gasteiger partial charge is 0.343 e. The molecule has 0 bridgehead atoms. The van der Waals surface area contributed by atoms with E-state index in [4.69, 9.17) is 0 Å². The molecule has 4 nitrogen and oxygen atoms in total. The molecule has 2 amide bonds. The van der Waals surface area contributed by atoms with E-state index in [1.54, 1.807) is 11.8 Å².